The Morgan fingerprint density at radius 3 is 2.53 bits per heavy atom. The summed E-state index contributed by atoms with van der Waals surface area (Å²) >= 11 is 5.56. The number of hydrogen-bond donors (Lipinski definition) is 1. The Bertz CT molecular complexity index is 747. The number of rotatable bonds is 2. The first kappa shape index (κ1) is 13.0. The van der Waals surface area contributed by atoms with Crippen LogP contribution in [0.2, 0.25) is 5.15 Å². The number of benzene rings is 1. The maximum absolute atomic E-state index is 11.8. The Kier molecular flexibility index (Phi) is 3.22. The van der Waals surface area contributed by atoms with Gasteiger partial charge in [-0.25, -0.2) is 9.36 Å². The number of hydrogen-bond acceptors (Lipinski definition) is 4. The average molecular weight is 282 g/mol. The SMILES string of the molecule is Cc1cc([N+](=O)[O-])ccc1-n1c(=O)cc(Cl)[nH]c1=O. The maximum atomic E-state index is 11.8. The average Bonchev–Trinajstić information content (AvgIpc) is 2.29. The van der Waals surface area contributed by atoms with Crippen LogP contribution in [0.15, 0.2) is 33.9 Å². The lowest BCUT2D eigenvalue weighted by molar-refractivity contribution is -0.384. The molecule has 0 saturated heterocycles. The van der Waals surface area contributed by atoms with Gasteiger partial charge in [0.15, 0.2) is 0 Å². The lowest BCUT2D eigenvalue weighted by Gasteiger charge is -2.07. The molecule has 98 valence electrons. The molecular weight excluding hydrogens is 274 g/mol. The quantitative estimate of drug-likeness (QED) is 0.511. The summed E-state index contributed by atoms with van der Waals surface area (Å²) in [5, 5.41) is 10.6. The predicted molar refractivity (Wildman–Crippen MR) is 69.1 cm³/mol. The number of aromatic amines is 1. The highest BCUT2D eigenvalue weighted by atomic mass is 35.5. The molecule has 0 saturated carbocycles. The molecule has 19 heavy (non-hydrogen) atoms. The molecule has 8 heteroatoms. The molecule has 1 aromatic heterocycles. The van der Waals surface area contributed by atoms with Gasteiger partial charge < -0.3 is 0 Å². The van der Waals surface area contributed by atoms with E-state index in [4.69, 9.17) is 11.6 Å². The summed E-state index contributed by atoms with van der Waals surface area (Å²) in [7, 11) is 0. The van der Waals surface area contributed by atoms with E-state index >= 15 is 0 Å². The van der Waals surface area contributed by atoms with Crippen molar-refractivity contribution in [1.82, 2.24) is 9.55 Å². The van der Waals surface area contributed by atoms with Gasteiger partial charge in [-0.2, -0.15) is 0 Å². The van der Waals surface area contributed by atoms with Crippen molar-refractivity contribution >= 4 is 17.3 Å². The zero-order chi connectivity index (χ0) is 14.2. The third-order valence-electron chi connectivity index (χ3n) is 2.53. The number of nitrogens with zero attached hydrogens (tertiary/aromatic N) is 2. The molecule has 2 aromatic rings. The topological polar surface area (TPSA) is 98.0 Å². The van der Waals surface area contributed by atoms with Crippen molar-refractivity contribution in [3.05, 3.63) is 65.9 Å². The fourth-order valence-corrected chi connectivity index (χ4v) is 1.87. The number of H-pyrrole nitrogens is 1. The summed E-state index contributed by atoms with van der Waals surface area (Å²) in [6, 6.07) is 4.92. The zero-order valence-electron chi connectivity index (χ0n) is 9.71. The second kappa shape index (κ2) is 4.69. The highest BCUT2D eigenvalue weighted by molar-refractivity contribution is 6.29. The van der Waals surface area contributed by atoms with Gasteiger partial charge in [-0.15, -0.1) is 0 Å². The number of non-ortho nitro benzene ring substituents is 1. The number of nitro benzene ring substituents is 1. The standard InChI is InChI=1S/C11H8ClN3O4/c1-6-4-7(15(18)19)2-3-8(6)14-10(16)5-9(12)13-11(14)17/h2-5H,1H3,(H,13,17). The van der Waals surface area contributed by atoms with E-state index in [1.807, 2.05) is 0 Å². The molecule has 7 nitrogen and oxygen atoms in total. The van der Waals surface area contributed by atoms with Crippen LogP contribution in [0, 0.1) is 17.0 Å². The molecule has 2 rings (SSSR count). The number of nitro groups is 1. The molecule has 0 fully saturated rings. The van der Waals surface area contributed by atoms with Gasteiger partial charge in [0.1, 0.15) is 5.15 Å². The van der Waals surface area contributed by atoms with Crippen LogP contribution >= 0.6 is 11.6 Å². The van der Waals surface area contributed by atoms with Crippen molar-refractivity contribution in [3.8, 4) is 5.69 Å². The van der Waals surface area contributed by atoms with Crippen LogP contribution in [-0.4, -0.2) is 14.5 Å². The van der Waals surface area contributed by atoms with Gasteiger partial charge in [-0.05, 0) is 18.6 Å². The van der Waals surface area contributed by atoms with Crippen molar-refractivity contribution in [3.63, 3.8) is 0 Å². The monoisotopic (exact) mass is 281 g/mol. The fourth-order valence-electron chi connectivity index (χ4n) is 1.70. The van der Waals surface area contributed by atoms with Crippen LogP contribution in [-0.2, 0) is 0 Å². The molecule has 1 aromatic carbocycles. The lowest BCUT2D eigenvalue weighted by Crippen LogP contribution is -2.33. The third-order valence-corrected chi connectivity index (χ3v) is 2.74. The summed E-state index contributed by atoms with van der Waals surface area (Å²) in [6.07, 6.45) is 0. The number of aromatic nitrogens is 2. The molecule has 1 heterocycles. The van der Waals surface area contributed by atoms with Crippen LogP contribution in [0.3, 0.4) is 0 Å². The van der Waals surface area contributed by atoms with Crippen molar-refractivity contribution < 1.29 is 4.92 Å². The fraction of sp³-hybridized carbons (Fsp3) is 0.0909. The molecule has 0 bridgehead atoms. The smallest absolute Gasteiger partial charge is 0.297 e. The van der Waals surface area contributed by atoms with E-state index in [9.17, 15) is 19.7 Å². The Morgan fingerprint density at radius 1 is 1.32 bits per heavy atom. The molecule has 0 unspecified atom stereocenters. The summed E-state index contributed by atoms with van der Waals surface area (Å²) in [4.78, 5) is 35.8. The van der Waals surface area contributed by atoms with Gasteiger partial charge in [0.05, 0.1) is 10.6 Å². The van der Waals surface area contributed by atoms with E-state index < -0.39 is 16.2 Å². The van der Waals surface area contributed by atoms with E-state index in [-0.39, 0.29) is 16.5 Å². The molecule has 0 aliphatic heterocycles. The van der Waals surface area contributed by atoms with E-state index in [0.717, 1.165) is 10.6 Å². The molecule has 0 aliphatic carbocycles. The number of aryl methyl sites for hydroxylation is 1. The number of halogens is 1. The molecule has 0 atom stereocenters. The van der Waals surface area contributed by atoms with E-state index in [2.05, 4.69) is 4.98 Å². The summed E-state index contributed by atoms with van der Waals surface area (Å²) < 4.78 is 0.866. The normalized spacial score (nSPS) is 10.4. The Morgan fingerprint density at radius 2 is 2.00 bits per heavy atom. The van der Waals surface area contributed by atoms with E-state index in [1.165, 1.54) is 18.2 Å². The van der Waals surface area contributed by atoms with Crippen LogP contribution < -0.4 is 11.2 Å². The molecular formula is C11H8ClN3O4. The molecule has 1 N–H and O–H groups in total. The summed E-state index contributed by atoms with van der Waals surface area (Å²) in [6.45, 7) is 1.57. The second-order valence-corrected chi connectivity index (χ2v) is 4.23. The maximum Gasteiger partial charge on any atom is 0.334 e. The number of nitrogens with one attached hydrogen (secondary N) is 1. The minimum atomic E-state index is -0.700. The van der Waals surface area contributed by atoms with Crippen LogP contribution in [0.4, 0.5) is 5.69 Å². The molecule has 0 spiro atoms. The van der Waals surface area contributed by atoms with Crippen molar-refractivity contribution in [1.29, 1.82) is 0 Å². The largest absolute Gasteiger partial charge is 0.334 e. The molecule has 0 aliphatic rings. The minimum Gasteiger partial charge on any atom is -0.297 e. The Hall–Kier alpha value is -2.41. The first-order valence-corrected chi connectivity index (χ1v) is 5.55. The summed E-state index contributed by atoms with van der Waals surface area (Å²) in [5.41, 5.74) is -0.711. The third kappa shape index (κ3) is 2.41. The summed E-state index contributed by atoms with van der Waals surface area (Å²) in [5.74, 6) is 0. The molecule has 0 radical (unpaired) electrons. The predicted octanol–water partition coefficient (Wildman–Crippen LogP) is 1.40. The van der Waals surface area contributed by atoms with Crippen LogP contribution in [0.5, 0.6) is 0 Å². The minimum absolute atomic E-state index is 0.0641. The van der Waals surface area contributed by atoms with Gasteiger partial charge in [0.25, 0.3) is 11.2 Å². The zero-order valence-corrected chi connectivity index (χ0v) is 10.5. The van der Waals surface area contributed by atoms with Gasteiger partial charge >= 0.3 is 5.69 Å². The first-order chi connectivity index (χ1) is 8.90. The van der Waals surface area contributed by atoms with E-state index in [1.54, 1.807) is 6.92 Å². The first-order valence-electron chi connectivity index (χ1n) is 5.17. The highest BCUT2D eigenvalue weighted by Crippen LogP contribution is 2.18. The highest BCUT2D eigenvalue weighted by Gasteiger charge is 2.12. The molecule has 0 amide bonds. The Balaban J connectivity index is 2.71. The van der Waals surface area contributed by atoms with Crippen molar-refractivity contribution in [2.24, 2.45) is 0 Å². The van der Waals surface area contributed by atoms with Crippen LogP contribution in [0.1, 0.15) is 5.56 Å². The van der Waals surface area contributed by atoms with Crippen LogP contribution in [0.25, 0.3) is 5.69 Å². The Labute approximate surface area is 111 Å². The van der Waals surface area contributed by atoms with Gasteiger partial charge in [0, 0.05) is 18.2 Å². The van der Waals surface area contributed by atoms with Crippen molar-refractivity contribution in [2.45, 2.75) is 6.92 Å². The second-order valence-electron chi connectivity index (χ2n) is 3.82. The lowest BCUT2D eigenvalue weighted by atomic mass is 10.2. The van der Waals surface area contributed by atoms with Gasteiger partial charge in [-0.1, -0.05) is 11.6 Å². The van der Waals surface area contributed by atoms with E-state index in [0.29, 0.717) is 5.56 Å². The van der Waals surface area contributed by atoms with Crippen molar-refractivity contribution in [2.75, 3.05) is 0 Å². The van der Waals surface area contributed by atoms with Gasteiger partial charge in [-0.3, -0.25) is 19.9 Å². The van der Waals surface area contributed by atoms with Gasteiger partial charge in [0.2, 0.25) is 0 Å².